The molecule has 0 heterocycles. The van der Waals surface area contributed by atoms with E-state index in [9.17, 15) is 4.79 Å². The molecule has 0 radical (unpaired) electrons. The third-order valence-electron chi connectivity index (χ3n) is 2.64. The maximum absolute atomic E-state index is 11.5. The van der Waals surface area contributed by atoms with Crippen molar-refractivity contribution in [1.82, 2.24) is 0 Å². The minimum atomic E-state index is 0.0192. The van der Waals surface area contributed by atoms with Gasteiger partial charge in [0, 0.05) is 12.1 Å². The molecule has 0 bridgehead atoms. The summed E-state index contributed by atoms with van der Waals surface area (Å²) < 4.78 is 0. The lowest BCUT2D eigenvalue weighted by Crippen LogP contribution is -2.13. The lowest BCUT2D eigenvalue weighted by molar-refractivity contribution is -0.116. The lowest BCUT2D eigenvalue weighted by Gasteiger charge is -2.06. The first-order valence-corrected chi connectivity index (χ1v) is 5.78. The lowest BCUT2D eigenvalue weighted by atomic mass is 10.1. The Balaban J connectivity index is 2.11. The van der Waals surface area contributed by atoms with Crippen molar-refractivity contribution in [3.63, 3.8) is 0 Å². The number of nitrogens with two attached hydrogens (primary N) is 1. The summed E-state index contributed by atoms with van der Waals surface area (Å²) >= 11 is 0. The van der Waals surface area contributed by atoms with Gasteiger partial charge < -0.3 is 11.1 Å². The first-order chi connectivity index (χ1) is 8.29. The van der Waals surface area contributed by atoms with E-state index in [4.69, 9.17) is 5.73 Å². The third kappa shape index (κ3) is 3.04. The Morgan fingerprint density at radius 2 is 1.88 bits per heavy atom. The molecule has 2 aromatic carbocycles. The number of fused-ring (bicyclic) bond motifs is 1. The summed E-state index contributed by atoms with van der Waals surface area (Å²) in [7, 11) is 0. The van der Waals surface area contributed by atoms with E-state index in [1.54, 1.807) is 0 Å². The normalized spacial score (nSPS) is 10.4. The minimum absolute atomic E-state index is 0.0192. The standard InChI is InChI=1S/C14H16N2O/c15-9-3-6-14(17)16-13-8-7-11-4-1-2-5-12(11)10-13/h1-2,4-5,7-8,10H,3,6,9,15H2,(H,16,17). The molecule has 2 rings (SSSR count). The molecule has 3 N–H and O–H groups in total. The van der Waals surface area contributed by atoms with E-state index in [1.807, 2.05) is 36.4 Å². The second kappa shape index (κ2) is 5.46. The number of anilines is 1. The van der Waals surface area contributed by atoms with Crippen LogP contribution in [0.2, 0.25) is 0 Å². The third-order valence-corrected chi connectivity index (χ3v) is 2.64. The van der Waals surface area contributed by atoms with Crippen LogP contribution in [0.3, 0.4) is 0 Å². The Hall–Kier alpha value is -1.87. The summed E-state index contributed by atoms with van der Waals surface area (Å²) in [6.07, 6.45) is 1.20. The number of benzene rings is 2. The van der Waals surface area contributed by atoms with Crippen molar-refractivity contribution in [3.05, 3.63) is 42.5 Å². The zero-order valence-electron chi connectivity index (χ0n) is 9.65. The first-order valence-electron chi connectivity index (χ1n) is 5.78. The van der Waals surface area contributed by atoms with Crippen molar-refractivity contribution in [2.75, 3.05) is 11.9 Å². The largest absolute Gasteiger partial charge is 0.330 e. The van der Waals surface area contributed by atoms with Gasteiger partial charge in [-0.3, -0.25) is 4.79 Å². The Morgan fingerprint density at radius 3 is 2.65 bits per heavy atom. The second-order valence-corrected chi connectivity index (χ2v) is 4.00. The molecule has 0 aromatic heterocycles. The van der Waals surface area contributed by atoms with E-state index in [-0.39, 0.29) is 5.91 Å². The number of nitrogens with one attached hydrogen (secondary N) is 1. The zero-order chi connectivity index (χ0) is 12.1. The summed E-state index contributed by atoms with van der Waals surface area (Å²) in [6, 6.07) is 14.0. The highest BCUT2D eigenvalue weighted by molar-refractivity contribution is 5.94. The molecule has 3 heteroatoms. The molecule has 0 aliphatic rings. The van der Waals surface area contributed by atoms with Crippen LogP contribution in [-0.4, -0.2) is 12.5 Å². The fourth-order valence-corrected chi connectivity index (χ4v) is 1.75. The van der Waals surface area contributed by atoms with Crippen molar-refractivity contribution in [2.24, 2.45) is 5.73 Å². The van der Waals surface area contributed by atoms with Crippen LogP contribution in [0.1, 0.15) is 12.8 Å². The van der Waals surface area contributed by atoms with Crippen LogP contribution >= 0.6 is 0 Å². The fourth-order valence-electron chi connectivity index (χ4n) is 1.75. The van der Waals surface area contributed by atoms with Crippen LogP contribution in [0.15, 0.2) is 42.5 Å². The number of hydrogen-bond donors (Lipinski definition) is 2. The Bertz CT molecular complexity index is 522. The van der Waals surface area contributed by atoms with Gasteiger partial charge in [-0.2, -0.15) is 0 Å². The van der Waals surface area contributed by atoms with Crippen molar-refractivity contribution < 1.29 is 4.79 Å². The molecule has 3 nitrogen and oxygen atoms in total. The van der Waals surface area contributed by atoms with E-state index in [2.05, 4.69) is 11.4 Å². The molecule has 0 saturated carbocycles. The Morgan fingerprint density at radius 1 is 1.12 bits per heavy atom. The molecule has 0 spiro atoms. The van der Waals surface area contributed by atoms with E-state index in [1.165, 1.54) is 5.39 Å². The van der Waals surface area contributed by atoms with Gasteiger partial charge in [-0.1, -0.05) is 30.3 Å². The molecule has 0 saturated heterocycles. The smallest absolute Gasteiger partial charge is 0.224 e. The van der Waals surface area contributed by atoms with Gasteiger partial charge in [-0.15, -0.1) is 0 Å². The summed E-state index contributed by atoms with van der Waals surface area (Å²) in [4.78, 5) is 11.5. The van der Waals surface area contributed by atoms with Crippen LogP contribution in [0, 0.1) is 0 Å². The molecule has 2 aromatic rings. The highest BCUT2D eigenvalue weighted by Gasteiger charge is 2.02. The molecule has 0 aliphatic heterocycles. The van der Waals surface area contributed by atoms with Gasteiger partial charge in [0.25, 0.3) is 0 Å². The predicted molar refractivity (Wildman–Crippen MR) is 70.9 cm³/mol. The van der Waals surface area contributed by atoms with Gasteiger partial charge in [0.05, 0.1) is 0 Å². The topological polar surface area (TPSA) is 55.1 Å². The second-order valence-electron chi connectivity index (χ2n) is 4.00. The van der Waals surface area contributed by atoms with Crippen LogP contribution in [0.5, 0.6) is 0 Å². The van der Waals surface area contributed by atoms with Crippen LogP contribution in [-0.2, 0) is 4.79 Å². The van der Waals surface area contributed by atoms with Gasteiger partial charge in [0.1, 0.15) is 0 Å². The molecule has 0 fully saturated rings. The summed E-state index contributed by atoms with van der Waals surface area (Å²) in [6.45, 7) is 0.547. The maximum atomic E-state index is 11.5. The molecule has 0 unspecified atom stereocenters. The van der Waals surface area contributed by atoms with Crippen LogP contribution in [0.25, 0.3) is 10.8 Å². The van der Waals surface area contributed by atoms with E-state index >= 15 is 0 Å². The molecule has 88 valence electrons. The average Bonchev–Trinajstić information content (AvgIpc) is 2.36. The maximum Gasteiger partial charge on any atom is 0.224 e. The van der Waals surface area contributed by atoms with Crippen molar-refractivity contribution in [2.45, 2.75) is 12.8 Å². The summed E-state index contributed by atoms with van der Waals surface area (Å²) in [5.41, 5.74) is 6.20. The van der Waals surface area contributed by atoms with Crippen LogP contribution in [0.4, 0.5) is 5.69 Å². The predicted octanol–water partition coefficient (Wildman–Crippen LogP) is 2.52. The summed E-state index contributed by atoms with van der Waals surface area (Å²) in [5.74, 6) is 0.0192. The molecule has 1 amide bonds. The summed E-state index contributed by atoms with van der Waals surface area (Å²) in [5, 5.41) is 5.18. The van der Waals surface area contributed by atoms with E-state index < -0.39 is 0 Å². The van der Waals surface area contributed by atoms with Gasteiger partial charge in [-0.05, 0) is 35.9 Å². The van der Waals surface area contributed by atoms with E-state index in [0.29, 0.717) is 13.0 Å². The van der Waals surface area contributed by atoms with Crippen molar-refractivity contribution in [3.8, 4) is 0 Å². The van der Waals surface area contributed by atoms with Gasteiger partial charge in [0.2, 0.25) is 5.91 Å². The molecule has 0 atom stereocenters. The Labute approximate surface area is 101 Å². The monoisotopic (exact) mass is 228 g/mol. The van der Waals surface area contributed by atoms with Gasteiger partial charge in [0.15, 0.2) is 0 Å². The highest BCUT2D eigenvalue weighted by atomic mass is 16.1. The first kappa shape index (κ1) is 11.6. The minimum Gasteiger partial charge on any atom is -0.330 e. The molecule has 0 aliphatic carbocycles. The van der Waals surface area contributed by atoms with Crippen molar-refractivity contribution >= 4 is 22.4 Å². The molecule has 17 heavy (non-hydrogen) atoms. The Kier molecular flexibility index (Phi) is 3.73. The number of carbonyl (C=O) groups is 1. The number of rotatable bonds is 4. The molecular formula is C14H16N2O. The van der Waals surface area contributed by atoms with Gasteiger partial charge in [-0.25, -0.2) is 0 Å². The van der Waals surface area contributed by atoms with Crippen LogP contribution < -0.4 is 11.1 Å². The zero-order valence-corrected chi connectivity index (χ0v) is 9.65. The number of hydrogen-bond acceptors (Lipinski definition) is 2. The number of amides is 1. The van der Waals surface area contributed by atoms with Crippen molar-refractivity contribution in [1.29, 1.82) is 0 Å². The average molecular weight is 228 g/mol. The SMILES string of the molecule is NCCCC(=O)Nc1ccc2ccccc2c1. The van der Waals surface area contributed by atoms with Gasteiger partial charge >= 0.3 is 0 Å². The fraction of sp³-hybridized carbons (Fsp3) is 0.214. The number of carbonyl (C=O) groups excluding carboxylic acids is 1. The van der Waals surface area contributed by atoms with E-state index in [0.717, 1.165) is 17.5 Å². The quantitative estimate of drug-likeness (QED) is 0.844. The highest BCUT2D eigenvalue weighted by Crippen LogP contribution is 2.18. The molecular weight excluding hydrogens is 212 g/mol.